The number of aromatic carboxylic acids is 1. The van der Waals surface area contributed by atoms with Crippen molar-refractivity contribution in [2.75, 3.05) is 6.54 Å². The molecule has 0 atom stereocenters. The predicted molar refractivity (Wildman–Crippen MR) is 67.5 cm³/mol. The summed E-state index contributed by atoms with van der Waals surface area (Å²) in [5.74, 6) is 1.09. The van der Waals surface area contributed by atoms with Gasteiger partial charge in [0, 0.05) is 13.0 Å². The van der Waals surface area contributed by atoms with Crippen LogP contribution in [0.25, 0.3) is 0 Å². The lowest BCUT2D eigenvalue weighted by Crippen LogP contribution is -2.25. The van der Waals surface area contributed by atoms with Crippen LogP contribution in [-0.2, 0) is 15.8 Å². The third kappa shape index (κ3) is 4.57. The smallest absolute Gasteiger partial charge is 0.335 e. The Labute approximate surface area is 106 Å². The lowest BCUT2D eigenvalue weighted by atomic mass is 10.1. The van der Waals surface area contributed by atoms with E-state index in [2.05, 4.69) is 10.6 Å². The quantitative estimate of drug-likeness (QED) is 0.590. The second-order valence-corrected chi connectivity index (χ2v) is 5.42. The molecule has 0 aliphatic rings. The molecule has 0 aliphatic heterocycles. The zero-order chi connectivity index (χ0) is 13.6. The van der Waals surface area contributed by atoms with Crippen LogP contribution in [0, 0.1) is 12.3 Å². The van der Waals surface area contributed by atoms with Gasteiger partial charge in [0.2, 0.25) is 10.0 Å². The molecule has 0 radical (unpaired) electrons. The highest BCUT2D eigenvalue weighted by atomic mass is 32.2. The highest BCUT2D eigenvalue weighted by Crippen LogP contribution is 2.07. The minimum Gasteiger partial charge on any atom is -0.478 e. The minimum atomic E-state index is -3.43. The van der Waals surface area contributed by atoms with Gasteiger partial charge in [-0.1, -0.05) is 12.1 Å². The van der Waals surface area contributed by atoms with Gasteiger partial charge in [-0.3, -0.25) is 0 Å². The van der Waals surface area contributed by atoms with E-state index in [1.54, 1.807) is 0 Å². The lowest BCUT2D eigenvalue weighted by Gasteiger charge is -2.05. The third-order valence-corrected chi connectivity index (χ3v) is 3.51. The van der Waals surface area contributed by atoms with Gasteiger partial charge in [0.15, 0.2) is 0 Å². The van der Waals surface area contributed by atoms with Crippen molar-refractivity contribution in [1.29, 1.82) is 0 Å². The maximum atomic E-state index is 11.6. The SMILES string of the molecule is C#CCCNS(=O)(=O)Cc1ccc(C(=O)O)cc1. The van der Waals surface area contributed by atoms with E-state index in [1.165, 1.54) is 24.3 Å². The van der Waals surface area contributed by atoms with E-state index in [4.69, 9.17) is 11.5 Å². The van der Waals surface area contributed by atoms with Gasteiger partial charge in [-0.15, -0.1) is 12.3 Å². The first-order chi connectivity index (χ1) is 8.44. The van der Waals surface area contributed by atoms with Crippen LogP contribution in [0.4, 0.5) is 0 Å². The van der Waals surface area contributed by atoms with Crippen LogP contribution in [-0.4, -0.2) is 26.0 Å². The van der Waals surface area contributed by atoms with Crippen molar-refractivity contribution in [3.8, 4) is 12.3 Å². The topological polar surface area (TPSA) is 83.5 Å². The Bertz CT molecular complexity index is 555. The Morgan fingerprint density at radius 1 is 1.33 bits per heavy atom. The molecule has 5 nitrogen and oxygen atoms in total. The molecule has 0 aliphatic carbocycles. The first-order valence-corrected chi connectivity index (χ1v) is 6.83. The lowest BCUT2D eigenvalue weighted by molar-refractivity contribution is 0.0697. The second kappa shape index (κ2) is 6.19. The molecular weight excluding hydrogens is 254 g/mol. The number of rotatable bonds is 6. The summed E-state index contributed by atoms with van der Waals surface area (Å²) in [6.07, 6.45) is 5.35. The second-order valence-electron chi connectivity index (χ2n) is 3.61. The summed E-state index contributed by atoms with van der Waals surface area (Å²) in [5, 5.41) is 8.70. The van der Waals surface area contributed by atoms with E-state index in [9.17, 15) is 13.2 Å². The fourth-order valence-corrected chi connectivity index (χ4v) is 2.44. The highest BCUT2D eigenvalue weighted by molar-refractivity contribution is 7.88. The zero-order valence-electron chi connectivity index (χ0n) is 9.59. The Hall–Kier alpha value is -1.84. The molecule has 0 amide bonds. The van der Waals surface area contributed by atoms with Crippen molar-refractivity contribution in [1.82, 2.24) is 4.72 Å². The van der Waals surface area contributed by atoms with Crippen LogP contribution in [0.1, 0.15) is 22.3 Å². The van der Waals surface area contributed by atoms with E-state index >= 15 is 0 Å². The average molecular weight is 267 g/mol. The standard InChI is InChI=1S/C12H13NO4S/c1-2-3-8-13-18(16,17)9-10-4-6-11(7-5-10)12(14)15/h1,4-7,13H,3,8-9H2,(H,14,15). The van der Waals surface area contributed by atoms with Crippen molar-refractivity contribution >= 4 is 16.0 Å². The number of nitrogens with one attached hydrogen (secondary N) is 1. The summed E-state index contributed by atoms with van der Waals surface area (Å²) >= 11 is 0. The predicted octanol–water partition coefficient (Wildman–Crippen LogP) is 0.827. The molecule has 1 rings (SSSR count). The van der Waals surface area contributed by atoms with E-state index in [-0.39, 0.29) is 17.9 Å². The molecule has 0 fully saturated rings. The molecule has 6 heteroatoms. The van der Waals surface area contributed by atoms with Crippen LogP contribution < -0.4 is 4.72 Å². The van der Waals surface area contributed by atoms with Crippen molar-refractivity contribution < 1.29 is 18.3 Å². The van der Waals surface area contributed by atoms with E-state index < -0.39 is 16.0 Å². The fraction of sp³-hybridized carbons (Fsp3) is 0.250. The molecule has 96 valence electrons. The number of carbonyl (C=O) groups is 1. The summed E-state index contributed by atoms with van der Waals surface area (Å²) in [6, 6.07) is 5.69. The third-order valence-electron chi connectivity index (χ3n) is 2.15. The maximum absolute atomic E-state index is 11.6. The maximum Gasteiger partial charge on any atom is 0.335 e. The first-order valence-electron chi connectivity index (χ1n) is 5.17. The molecule has 0 unspecified atom stereocenters. The molecule has 0 aromatic heterocycles. The number of sulfonamides is 1. The van der Waals surface area contributed by atoms with Crippen LogP contribution in [0.3, 0.4) is 0 Å². The van der Waals surface area contributed by atoms with Gasteiger partial charge in [0.1, 0.15) is 0 Å². The summed E-state index contributed by atoms with van der Waals surface area (Å²) < 4.78 is 25.6. The largest absolute Gasteiger partial charge is 0.478 e. The monoisotopic (exact) mass is 267 g/mol. The Balaban J connectivity index is 2.67. The van der Waals surface area contributed by atoms with Crippen LogP contribution in [0.2, 0.25) is 0 Å². The van der Waals surface area contributed by atoms with E-state index in [0.29, 0.717) is 12.0 Å². The molecular formula is C12H13NO4S. The number of terminal acetylenes is 1. The Kier molecular flexibility index (Phi) is 4.89. The molecule has 0 saturated carbocycles. The van der Waals surface area contributed by atoms with Crippen molar-refractivity contribution in [2.45, 2.75) is 12.2 Å². The number of carboxylic acids is 1. The summed E-state index contributed by atoms with van der Waals surface area (Å²) in [4.78, 5) is 10.6. The minimum absolute atomic E-state index is 0.122. The molecule has 0 heterocycles. The molecule has 18 heavy (non-hydrogen) atoms. The fourth-order valence-electron chi connectivity index (χ4n) is 1.29. The normalized spacial score (nSPS) is 10.8. The van der Waals surface area contributed by atoms with Gasteiger partial charge in [-0.2, -0.15) is 0 Å². The number of hydrogen-bond donors (Lipinski definition) is 2. The average Bonchev–Trinajstić information content (AvgIpc) is 2.29. The molecule has 1 aromatic carbocycles. The number of benzene rings is 1. The molecule has 0 saturated heterocycles. The first kappa shape index (κ1) is 14.2. The highest BCUT2D eigenvalue weighted by Gasteiger charge is 2.11. The molecule has 0 spiro atoms. The summed E-state index contributed by atoms with van der Waals surface area (Å²) in [5.41, 5.74) is 0.643. The van der Waals surface area contributed by atoms with Gasteiger partial charge in [-0.05, 0) is 17.7 Å². The molecule has 2 N–H and O–H groups in total. The zero-order valence-corrected chi connectivity index (χ0v) is 10.4. The van der Waals surface area contributed by atoms with Crippen molar-refractivity contribution in [3.63, 3.8) is 0 Å². The van der Waals surface area contributed by atoms with Gasteiger partial charge in [0.25, 0.3) is 0 Å². The number of carboxylic acid groups (broad SMARTS) is 1. The molecule has 0 bridgehead atoms. The van der Waals surface area contributed by atoms with Gasteiger partial charge < -0.3 is 5.11 Å². The Morgan fingerprint density at radius 2 is 1.94 bits per heavy atom. The Morgan fingerprint density at radius 3 is 2.44 bits per heavy atom. The summed E-state index contributed by atoms with van der Waals surface area (Å²) in [7, 11) is -3.43. The van der Waals surface area contributed by atoms with Crippen molar-refractivity contribution in [2.24, 2.45) is 0 Å². The van der Waals surface area contributed by atoms with Crippen LogP contribution in [0.15, 0.2) is 24.3 Å². The number of hydrogen-bond acceptors (Lipinski definition) is 3. The van der Waals surface area contributed by atoms with Crippen LogP contribution in [0.5, 0.6) is 0 Å². The van der Waals surface area contributed by atoms with E-state index in [0.717, 1.165) is 0 Å². The van der Waals surface area contributed by atoms with Crippen molar-refractivity contribution in [3.05, 3.63) is 35.4 Å². The van der Waals surface area contributed by atoms with Gasteiger partial charge in [0.05, 0.1) is 11.3 Å². The molecule has 1 aromatic rings. The van der Waals surface area contributed by atoms with E-state index in [1.807, 2.05) is 0 Å². The van der Waals surface area contributed by atoms with Crippen LogP contribution >= 0.6 is 0 Å². The van der Waals surface area contributed by atoms with Gasteiger partial charge >= 0.3 is 5.97 Å². The van der Waals surface area contributed by atoms with Gasteiger partial charge in [-0.25, -0.2) is 17.9 Å². The summed E-state index contributed by atoms with van der Waals surface area (Å²) in [6.45, 7) is 0.200.